The number of unbranched alkanes of at least 4 members (excludes halogenated alkanes) is 32. The van der Waals surface area contributed by atoms with Gasteiger partial charge in [0.05, 0.1) is 24.3 Å². The van der Waals surface area contributed by atoms with Gasteiger partial charge in [0, 0.05) is 5.39 Å². The zero-order chi connectivity index (χ0) is 38.6. The van der Waals surface area contributed by atoms with E-state index in [4.69, 9.17) is 9.47 Å². The summed E-state index contributed by atoms with van der Waals surface area (Å²) in [7, 11) is 0. The minimum Gasteiger partial charge on any atom is -0.462 e. The molecular weight excluding hydrogens is 665 g/mol. The molecule has 308 valence electrons. The molecule has 4 heteroatoms. The van der Waals surface area contributed by atoms with Crippen molar-refractivity contribution in [2.45, 2.75) is 232 Å². The molecule has 0 N–H and O–H groups in total. The number of rotatable bonds is 38. The lowest BCUT2D eigenvalue weighted by Crippen LogP contribution is -2.11. The lowest BCUT2D eigenvalue weighted by molar-refractivity contribution is 0.0498. The van der Waals surface area contributed by atoms with Gasteiger partial charge in [0.2, 0.25) is 0 Å². The third kappa shape index (κ3) is 24.2. The third-order valence-corrected chi connectivity index (χ3v) is 11.3. The van der Waals surface area contributed by atoms with E-state index in [2.05, 4.69) is 13.8 Å². The highest BCUT2D eigenvalue weighted by molar-refractivity contribution is 6.13. The molecule has 54 heavy (non-hydrogen) atoms. The number of hydrogen-bond acceptors (Lipinski definition) is 4. The Morgan fingerprint density at radius 3 is 0.852 bits per heavy atom. The molecule has 0 saturated heterocycles. The van der Waals surface area contributed by atoms with Gasteiger partial charge in [-0.15, -0.1) is 0 Å². The maximum absolute atomic E-state index is 13.2. The van der Waals surface area contributed by atoms with E-state index in [9.17, 15) is 9.59 Å². The lowest BCUT2D eigenvalue weighted by Gasteiger charge is -2.12. The second kappa shape index (κ2) is 35.1. The van der Waals surface area contributed by atoms with Crippen LogP contribution in [0.25, 0.3) is 10.8 Å². The van der Waals surface area contributed by atoms with E-state index in [1.807, 2.05) is 24.3 Å². The quantitative estimate of drug-likeness (QED) is 0.0507. The van der Waals surface area contributed by atoms with Crippen molar-refractivity contribution in [2.75, 3.05) is 13.2 Å². The summed E-state index contributed by atoms with van der Waals surface area (Å²) in [5.41, 5.74) is 0.898. The van der Waals surface area contributed by atoms with Crippen molar-refractivity contribution in [3.8, 4) is 0 Å². The van der Waals surface area contributed by atoms with Crippen molar-refractivity contribution in [1.29, 1.82) is 0 Å². The first-order chi connectivity index (χ1) is 26.7. The van der Waals surface area contributed by atoms with E-state index in [0.29, 0.717) is 29.7 Å². The molecule has 2 aromatic carbocycles. The highest BCUT2D eigenvalue weighted by Gasteiger charge is 2.19. The average molecular weight is 749 g/mol. The predicted molar refractivity (Wildman–Crippen MR) is 233 cm³/mol. The average Bonchev–Trinajstić information content (AvgIpc) is 3.19. The molecule has 0 heterocycles. The van der Waals surface area contributed by atoms with Crippen molar-refractivity contribution in [3.05, 3.63) is 47.5 Å². The first-order valence-electron chi connectivity index (χ1n) is 23.5. The van der Waals surface area contributed by atoms with Crippen LogP contribution in [0.15, 0.2) is 36.4 Å². The molecule has 2 aromatic rings. The number of hydrogen-bond donors (Lipinski definition) is 0. The van der Waals surface area contributed by atoms with Crippen molar-refractivity contribution >= 4 is 22.7 Å². The highest BCUT2D eigenvalue weighted by Crippen LogP contribution is 2.25. The van der Waals surface area contributed by atoms with Crippen LogP contribution in [0.1, 0.15) is 253 Å². The number of fused-ring (bicyclic) bond motifs is 1. The molecule has 0 aliphatic carbocycles. The van der Waals surface area contributed by atoms with Gasteiger partial charge >= 0.3 is 11.9 Å². The van der Waals surface area contributed by atoms with E-state index >= 15 is 0 Å². The molecule has 0 fully saturated rings. The van der Waals surface area contributed by atoms with Crippen molar-refractivity contribution < 1.29 is 19.1 Å². The summed E-state index contributed by atoms with van der Waals surface area (Å²) < 4.78 is 11.4. The fourth-order valence-electron chi connectivity index (χ4n) is 7.82. The Balaban J connectivity index is 1.51. The van der Waals surface area contributed by atoms with Gasteiger partial charge in [-0.05, 0) is 30.4 Å². The maximum atomic E-state index is 13.2. The highest BCUT2D eigenvalue weighted by atomic mass is 16.5. The Hall–Kier alpha value is -2.36. The van der Waals surface area contributed by atoms with Crippen LogP contribution in [-0.4, -0.2) is 25.2 Å². The zero-order valence-electron chi connectivity index (χ0n) is 35.6. The predicted octanol–water partition coefficient (Wildman–Crippen LogP) is 16.5. The normalized spacial score (nSPS) is 11.4. The Morgan fingerprint density at radius 2 is 0.593 bits per heavy atom. The molecule has 0 unspecified atom stereocenters. The van der Waals surface area contributed by atoms with E-state index < -0.39 is 0 Å². The molecule has 0 aliphatic rings. The van der Waals surface area contributed by atoms with E-state index in [1.54, 1.807) is 12.1 Å². The van der Waals surface area contributed by atoms with Crippen molar-refractivity contribution in [3.63, 3.8) is 0 Å². The summed E-state index contributed by atoms with van der Waals surface area (Å²) in [5, 5.41) is 1.49. The zero-order valence-corrected chi connectivity index (χ0v) is 35.6. The molecular formula is C50H84O4. The summed E-state index contributed by atoms with van der Waals surface area (Å²) in [6.45, 7) is 5.40. The maximum Gasteiger partial charge on any atom is 0.338 e. The molecule has 0 saturated carbocycles. The van der Waals surface area contributed by atoms with Crippen LogP contribution in [0.4, 0.5) is 0 Å². The Bertz CT molecular complexity index is 1170. The van der Waals surface area contributed by atoms with Crippen molar-refractivity contribution in [1.82, 2.24) is 0 Å². The van der Waals surface area contributed by atoms with Crippen LogP contribution < -0.4 is 0 Å². The van der Waals surface area contributed by atoms with Crippen LogP contribution in [0.5, 0.6) is 0 Å². The van der Waals surface area contributed by atoms with Gasteiger partial charge in [-0.1, -0.05) is 244 Å². The monoisotopic (exact) mass is 749 g/mol. The van der Waals surface area contributed by atoms with Gasteiger partial charge in [0.1, 0.15) is 0 Å². The molecule has 0 aromatic heterocycles. The number of ether oxygens (including phenoxy) is 2. The molecule has 2 rings (SSSR count). The first-order valence-corrected chi connectivity index (χ1v) is 23.5. The summed E-state index contributed by atoms with van der Waals surface area (Å²) in [6, 6.07) is 11.1. The van der Waals surface area contributed by atoms with Crippen molar-refractivity contribution in [2.24, 2.45) is 0 Å². The summed E-state index contributed by atoms with van der Waals surface area (Å²) in [5.74, 6) is -0.712. The van der Waals surface area contributed by atoms with Crippen LogP contribution in [0.3, 0.4) is 0 Å². The van der Waals surface area contributed by atoms with Gasteiger partial charge in [-0.2, -0.15) is 0 Å². The molecule has 0 spiro atoms. The molecule has 0 atom stereocenters. The molecule has 0 radical (unpaired) electrons. The Labute approximate surface area is 333 Å². The van der Waals surface area contributed by atoms with Crippen LogP contribution >= 0.6 is 0 Å². The molecule has 0 aliphatic heterocycles. The standard InChI is InChI=1S/C50H84O4/c1-3-5-7-9-11-13-15-17-19-21-22-24-26-28-30-32-34-36-44-54-50(52)47-42-38-40-45-39-37-41-46(48(45)47)49(51)53-43-35-33-31-29-27-25-23-20-18-16-14-12-10-8-6-4-2/h37-42H,3-36,43-44H2,1-2H3. The van der Waals surface area contributed by atoms with Gasteiger partial charge in [-0.25, -0.2) is 9.59 Å². The number of carbonyl (C=O) groups is 2. The van der Waals surface area contributed by atoms with Crippen LogP contribution in [0, 0.1) is 0 Å². The minimum absolute atomic E-state index is 0.356. The fraction of sp³-hybridized carbons (Fsp3) is 0.760. The van der Waals surface area contributed by atoms with E-state index in [0.717, 1.165) is 31.1 Å². The van der Waals surface area contributed by atoms with E-state index in [-0.39, 0.29) is 11.9 Å². The fourth-order valence-corrected chi connectivity index (χ4v) is 7.82. The second-order valence-corrected chi connectivity index (χ2v) is 16.3. The largest absolute Gasteiger partial charge is 0.462 e. The summed E-state index contributed by atoms with van der Waals surface area (Å²) >= 11 is 0. The van der Waals surface area contributed by atoms with Gasteiger partial charge in [0.25, 0.3) is 0 Å². The van der Waals surface area contributed by atoms with Gasteiger partial charge in [0.15, 0.2) is 0 Å². The topological polar surface area (TPSA) is 52.6 Å². The summed E-state index contributed by atoms with van der Waals surface area (Å²) in [4.78, 5) is 26.3. The third-order valence-electron chi connectivity index (χ3n) is 11.3. The second-order valence-electron chi connectivity index (χ2n) is 16.3. The smallest absolute Gasteiger partial charge is 0.338 e. The summed E-state index contributed by atoms with van der Waals surface area (Å²) in [6.07, 6.45) is 45.0. The number of carbonyl (C=O) groups excluding carboxylic acids is 2. The molecule has 0 bridgehead atoms. The minimum atomic E-state index is -0.356. The Morgan fingerprint density at radius 1 is 0.352 bits per heavy atom. The number of esters is 2. The molecule has 4 nitrogen and oxygen atoms in total. The van der Waals surface area contributed by atoms with Crippen LogP contribution in [-0.2, 0) is 9.47 Å². The first kappa shape index (κ1) is 47.8. The van der Waals surface area contributed by atoms with Crippen LogP contribution in [0.2, 0.25) is 0 Å². The Kier molecular flexibility index (Phi) is 31.0. The SMILES string of the molecule is CCCCCCCCCCCCCCCCCCCCOC(=O)c1cccc2cccc(C(=O)OCCCCCCCCCCCCCCCCCC)c12. The van der Waals surface area contributed by atoms with Gasteiger partial charge < -0.3 is 9.47 Å². The number of benzene rings is 2. The lowest BCUT2D eigenvalue weighted by atomic mass is 9.99. The van der Waals surface area contributed by atoms with Gasteiger partial charge in [-0.3, -0.25) is 0 Å². The van der Waals surface area contributed by atoms with E-state index in [1.165, 1.54) is 193 Å². The molecule has 0 amide bonds.